The smallest absolute Gasteiger partial charge is 0.318 e. The van der Waals surface area contributed by atoms with Gasteiger partial charge in [0.25, 0.3) is 0 Å². The molecule has 0 aromatic carbocycles. The van der Waals surface area contributed by atoms with Gasteiger partial charge in [0, 0.05) is 0 Å². The topological polar surface area (TPSA) is 43.4 Å². The van der Waals surface area contributed by atoms with E-state index in [1.807, 2.05) is 0 Å². The van der Waals surface area contributed by atoms with Gasteiger partial charge in [0.05, 0.1) is 11.8 Å². The number of carbonyl (C=O) groups is 2. The van der Waals surface area contributed by atoms with E-state index >= 15 is 0 Å². The second kappa shape index (κ2) is 2.47. The Kier molecular flexibility index (Phi) is 1.45. The third kappa shape index (κ3) is 0.740. The molecule has 1 saturated heterocycles. The fraction of sp³-hybridized carbons (Fsp3) is 0.636. The molecule has 0 unspecified atom stereocenters. The summed E-state index contributed by atoms with van der Waals surface area (Å²) in [6.45, 7) is 2.12. The van der Waals surface area contributed by atoms with Gasteiger partial charge in [-0.2, -0.15) is 0 Å². The minimum Gasteiger partial charge on any atom is -0.393 e. The van der Waals surface area contributed by atoms with Gasteiger partial charge in [0.15, 0.2) is 0 Å². The molecule has 3 heteroatoms. The Balaban J connectivity index is 2.03. The average molecular weight is 192 g/mol. The molecule has 2 fully saturated rings. The van der Waals surface area contributed by atoms with Crippen LogP contribution in [0.3, 0.4) is 0 Å². The van der Waals surface area contributed by atoms with Crippen LogP contribution in [0.2, 0.25) is 0 Å². The van der Waals surface area contributed by atoms with E-state index in [0.717, 1.165) is 6.42 Å². The van der Waals surface area contributed by atoms with Crippen LogP contribution in [0.25, 0.3) is 0 Å². The summed E-state index contributed by atoms with van der Waals surface area (Å²) in [6, 6.07) is 0. The van der Waals surface area contributed by atoms with Crippen LogP contribution >= 0.6 is 0 Å². The van der Waals surface area contributed by atoms with Crippen LogP contribution in [0.15, 0.2) is 12.2 Å². The van der Waals surface area contributed by atoms with Crippen molar-refractivity contribution in [2.45, 2.75) is 13.3 Å². The molecule has 1 heterocycles. The molecule has 0 amide bonds. The minimum atomic E-state index is -0.296. The predicted octanol–water partition coefficient (Wildman–Crippen LogP) is 1.14. The zero-order chi connectivity index (χ0) is 9.87. The normalized spacial score (nSPS) is 48.5. The lowest BCUT2D eigenvalue weighted by molar-refractivity contribution is -0.155. The number of allylic oxidation sites excluding steroid dienone is 2. The van der Waals surface area contributed by atoms with Crippen LogP contribution in [0.5, 0.6) is 0 Å². The fourth-order valence-electron chi connectivity index (χ4n) is 3.44. The summed E-state index contributed by atoms with van der Waals surface area (Å²) >= 11 is 0. The summed E-state index contributed by atoms with van der Waals surface area (Å²) in [4.78, 5) is 22.9. The van der Waals surface area contributed by atoms with E-state index < -0.39 is 0 Å². The first kappa shape index (κ1) is 8.21. The van der Waals surface area contributed by atoms with E-state index in [4.69, 9.17) is 0 Å². The molecule has 1 saturated carbocycles. The molecular formula is C11H12O3. The van der Waals surface area contributed by atoms with Crippen molar-refractivity contribution in [2.24, 2.45) is 29.6 Å². The summed E-state index contributed by atoms with van der Waals surface area (Å²) in [7, 11) is 0. The molecule has 2 aliphatic carbocycles. The number of ether oxygens (including phenoxy) is 1. The van der Waals surface area contributed by atoms with Gasteiger partial charge in [-0.15, -0.1) is 0 Å². The van der Waals surface area contributed by atoms with Crippen LogP contribution in [0.1, 0.15) is 13.3 Å². The first-order valence-corrected chi connectivity index (χ1v) is 5.18. The van der Waals surface area contributed by atoms with Crippen molar-refractivity contribution in [2.75, 3.05) is 0 Å². The monoisotopic (exact) mass is 192 g/mol. The summed E-state index contributed by atoms with van der Waals surface area (Å²) in [5.74, 6) is 0.0835. The maximum atomic E-state index is 11.4. The van der Waals surface area contributed by atoms with Crippen LogP contribution in [-0.4, -0.2) is 11.9 Å². The van der Waals surface area contributed by atoms with Crippen molar-refractivity contribution < 1.29 is 14.3 Å². The third-order valence-corrected chi connectivity index (χ3v) is 3.98. The Morgan fingerprint density at radius 1 is 1.14 bits per heavy atom. The van der Waals surface area contributed by atoms with Crippen molar-refractivity contribution in [3.63, 3.8) is 0 Å². The molecule has 0 aromatic rings. The van der Waals surface area contributed by atoms with E-state index in [0.29, 0.717) is 5.92 Å². The molecule has 0 N–H and O–H groups in total. The summed E-state index contributed by atoms with van der Waals surface area (Å²) in [5, 5.41) is 0. The van der Waals surface area contributed by atoms with Gasteiger partial charge >= 0.3 is 11.9 Å². The summed E-state index contributed by atoms with van der Waals surface area (Å²) < 4.78 is 4.68. The van der Waals surface area contributed by atoms with E-state index in [1.165, 1.54) is 0 Å². The number of rotatable bonds is 1. The lowest BCUT2D eigenvalue weighted by Crippen LogP contribution is -2.21. The predicted molar refractivity (Wildman–Crippen MR) is 48.0 cm³/mol. The Bertz CT molecular complexity index is 314. The van der Waals surface area contributed by atoms with Crippen LogP contribution in [-0.2, 0) is 14.3 Å². The standard InChI is InChI=1S/C11H12O3/c1-2-5-6-3-4-7(5)9-8(6)10(12)14-11(9)13/h3-9H,2H2,1H3/t6-,7-,8+,9+/m1/s1. The van der Waals surface area contributed by atoms with Gasteiger partial charge in [-0.25, -0.2) is 0 Å². The van der Waals surface area contributed by atoms with E-state index in [2.05, 4.69) is 23.8 Å². The quantitative estimate of drug-likeness (QED) is 0.355. The van der Waals surface area contributed by atoms with Crippen molar-refractivity contribution in [1.29, 1.82) is 0 Å². The van der Waals surface area contributed by atoms with Crippen molar-refractivity contribution in [1.82, 2.24) is 0 Å². The highest BCUT2D eigenvalue weighted by molar-refractivity contribution is 5.98. The lowest BCUT2D eigenvalue weighted by atomic mass is 9.85. The molecule has 3 rings (SSSR count). The Labute approximate surface area is 82.1 Å². The molecule has 2 bridgehead atoms. The van der Waals surface area contributed by atoms with Crippen molar-refractivity contribution >= 4 is 11.9 Å². The van der Waals surface area contributed by atoms with E-state index in [-0.39, 0.29) is 35.6 Å². The zero-order valence-electron chi connectivity index (χ0n) is 7.97. The molecular weight excluding hydrogens is 180 g/mol. The number of fused-ring (bicyclic) bond motifs is 5. The van der Waals surface area contributed by atoms with Crippen LogP contribution in [0.4, 0.5) is 0 Å². The minimum absolute atomic E-state index is 0.164. The molecule has 74 valence electrons. The highest BCUT2D eigenvalue weighted by Crippen LogP contribution is 2.56. The number of hydrogen-bond donors (Lipinski definition) is 0. The Hall–Kier alpha value is -1.12. The maximum absolute atomic E-state index is 11.4. The second-order valence-corrected chi connectivity index (χ2v) is 4.40. The third-order valence-electron chi connectivity index (χ3n) is 3.98. The van der Waals surface area contributed by atoms with Crippen LogP contribution < -0.4 is 0 Å². The number of hydrogen-bond acceptors (Lipinski definition) is 3. The molecule has 4 atom stereocenters. The highest BCUT2D eigenvalue weighted by atomic mass is 16.6. The average Bonchev–Trinajstić information content (AvgIpc) is 2.77. The fourth-order valence-corrected chi connectivity index (χ4v) is 3.44. The molecule has 14 heavy (non-hydrogen) atoms. The number of cyclic esters (lactones) is 2. The van der Waals surface area contributed by atoms with Gasteiger partial charge in [-0.3, -0.25) is 9.59 Å². The molecule has 0 spiro atoms. The number of carbonyl (C=O) groups excluding carboxylic acids is 2. The second-order valence-electron chi connectivity index (χ2n) is 4.40. The van der Waals surface area contributed by atoms with Crippen molar-refractivity contribution in [3.8, 4) is 0 Å². The lowest BCUT2D eigenvalue weighted by Gasteiger charge is -2.14. The highest BCUT2D eigenvalue weighted by Gasteiger charge is 2.61. The molecule has 0 aromatic heterocycles. The summed E-state index contributed by atoms with van der Waals surface area (Å²) in [5.41, 5.74) is 0. The van der Waals surface area contributed by atoms with E-state index in [9.17, 15) is 9.59 Å². The van der Waals surface area contributed by atoms with Gasteiger partial charge in [-0.1, -0.05) is 25.5 Å². The molecule has 3 aliphatic rings. The molecule has 0 radical (unpaired) electrons. The van der Waals surface area contributed by atoms with Crippen LogP contribution in [0, 0.1) is 29.6 Å². The Morgan fingerprint density at radius 3 is 2.07 bits per heavy atom. The van der Waals surface area contributed by atoms with Gasteiger partial charge in [-0.05, 0) is 17.8 Å². The van der Waals surface area contributed by atoms with Crippen molar-refractivity contribution in [3.05, 3.63) is 12.2 Å². The molecule has 1 aliphatic heterocycles. The van der Waals surface area contributed by atoms with Gasteiger partial charge < -0.3 is 4.74 Å². The first-order valence-electron chi connectivity index (χ1n) is 5.18. The zero-order valence-corrected chi connectivity index (χ0v) is 7.97. The van der Waals surface area contributed by atoms with Gasteiger partial charge in [0.2, 0.25) is 0 Å². The Morgan fingerprint density at radius 2 is 1.64 bits per heavy atom. The van der Waals surface area contributed by atoms with E-state index in [1.54, 1.807) is 0 Å². The number of esters is 2. The first-order chi connectivity index (χ1) is 6.74. The SMILES string of the molecule is CCC1[C@H]2C=C[C@H]1[C@@H]1C(=O)OC(=O)[C@H]12. The maximum Gasteiger partial charge on any atom is 0.318 e. The largest absolute Gasteiger partial charge is 0.393 e. The van der Waals surface area contributed by atoms with Gasteiger partial charge in [0.1, 0.15) is 0 Å². The summed E-state index contributed by atoms with van der Waals surface area (Å²) in [6.07, 6.45) is 5.23. The molecule has 3 nitrogen and oxygen atoms in total.